The van der Waals surface area contributed by atoms with Gasteiger partial charge in [-0.25, -0.2) is 0 Å². The lowest BCUT2D eigenvalue weighted by atomic mass is 9.98. The van der Waals surface area contributed by atoms with Gasteiger partial charge in [0.25, 0.3) is 0 Å². The maximum absolute atomic E-state index is 11.5. The summed E-state index contributed by atoms with van der Waals surface area (Å²) in [5.41, 5.74) is 0.943. The number of carbonyl (C=O) groups is 1. The molecular weight excluding hydrogens is 218 g/mol. The molecule has 0 aromatic carbocycles. The molecule has 5 nitrogen and oxygen atoms in total. The second kappa shape index (κ2) is 5.72. The van der Waals surface area contributed by atoms with E-state index in [9.17, 15) is 4.79 Å². The third kappa shape index (κ3) is 3.23. The molecule has 0 N–H and O–H groups in total. The van der Waals surface area contributed by atoms with Crippen molar-refractivity contribution in [2.75, 3.05) is 20.2 Å². The Morgan fingerprint density at radius 3 is 3.18 bits per heavy atom. The van der Waals surface area contributed by atoms with Crippen LogP contribution in [0.25, 0.3) is 0 Å². The monoisotopic (exact) mass is 235 g/mol. The summed E-state index contributed by atoms with van der Waals surface area (Å²) in [7, 11) is 1.45. The van der Waals surface area contributed by atoms with Crippen LogP contribution in [0.2, 0.25) is 0 Å². The topological polar surface area (TPSA) is 55.3 Å². The van der Waals surface area contributed by atoms with Crippen molar-refractivity contribution in [3.63, 3.8) is 0 Å². The van der Waals surface area contributed by atoms with E-state index in [2.05, 4.69) is 14.9 Å². The van der Waals surface area contributed by atoms with Gasteiger partial charge in [0.05, 0.1) is 18.7 Å². The Balaban J connectivity index is 1.92. The van der Waals surface area contributed by atoms with Crippen LogP contribution in [0.15, 0.2) is 18.6 Å². The van der Waals surface area contributed by atoms with Crippen LogP contribution in [0.4, 0.5) is 0 Å². The van der Waals surface area contributed by atoms with Gasteiger partial charge in [0.1, 0.15) is 0 Å². The van der Waals surface area contributed by atoms with E-state index in [1.807, 2.05) is 0 Å². The first-order valence-corrected chi connectivity index (χ1v) is 5.84. The summed E-state index contributed by atoms with van der Waals surface area (Å²) < 4.78 is 4.79. The summed E-state index contributed by atoms with van der Waals surface area (Å²) >= 11 is 0. The number of hydrogen-bond donors (Lipinski definition) is 0. The van der Waals surface area contributed by atoms with Crippen molar-refractivity contribution in [3.8, 4) is 0 Å². The molecule has 0 bridgehead atoms. The Hall–Kier alpha value is -1.49. The quantitative estimate of drug-likeness (QED) is 0.727. The number of hydrogen-bond acceptors (Lipinski definition) is 5. The van der Waals surface area contributed by atoms with Crippen LogP contribution < -0.4 is 0 Å². The minimum absolute atomic E-state index is 0.00502. The number of aromatic nitrogens is 2. The van der Waals surface area contributed by atoms with Crippen LogP contribution in [0.1, 0.15) is 18.5 Å². The minimum atomic E-state index is -0.103. The third-order valence-electron chi connectivity index (χ3n) is 3.04. The van der Waals surface area contributed by atoms with Gasteiger partial charge >= 0.3 is 5.97 Å². The first-order valence-electron chi connectivity index (χ1n) is 5.84. The summed E-state index contributed by atoms with van der Waals surface area (Å²) in [6, 6.07) is 0. The van der Waals surface area contributed by atoms with E-state index in [0.717, 1.165) is 38.2 Å². The van der Waals surface area contributed by atoms with Crippen molar-refractivity contribution < 1.29 is 9.53 Å². The van der Waals surface area contributed by atoms with Gasteiger partial charge in [-0.1, -0.05) is 0 Å². The highest BCUT2D eigenvalue weighted by molar-refractivity contribution is 5.72. The van der Waals surface area contributed by atoms with Crippen LogP contribution in [0.3, 0.4) is 0 Å². The molecule has 0 unspecified atom stereocenters. The molecule has 17 heavy (non-hydrogen) atoms. The van der Waals surface area contributed by atoms with Crippen molar-refractivity contribution in [2.45, 2.75) is 19.4 Å². The van der Waals surface area contributed by atoms with Crippen LogP contribution >= 0.6 is 0 Å². The molecule has 1 fully saturated rings. The van der Waals surface area contributed by atoms with Gasteiger partial charge in [-0.05, 0) is 19.4 Å². The van der Waals surface area contributed by atoms with E-state index in [4.69, 9.17) is 4.74 Å². The highest BCUT2D eigenvalue weighted by Gasteiger charge is 2.26. The molecule has 0 amide bonds. The predicted molar refractivity (Wildman–Crippen MR) is 62.0 cm³/mol. The fourth-order valence-corrected chi connectivity index (χ4v) is 2.20. The minimum Gasteiger partial charge on any atom is -0.469 e. The van der Waals surface area contributed by atoms with Crippen LogP contribution in [0.5, 0.6) is 0 Å². The third-order valence-corrected chi connectivity index (χ3v) is 3.04. The number of piperidine rings is 1. The second-order valence-electron chi connectivity index (χ2n) is 4.29. The van der Waals surface area contributed by atoms with E-state index in [1.54, 1.807) is 18.6 Å². The maximum Gasteiger partial charge on any atom is 0.309 e. The zero-order valence-corrected chi connectivity index (χ0v) is 10.0. The summed E-state index contributed by atoms with van der Waals surface area (Å²) in [6.07, 6.45) is 7.07. The van der Waals surface area contributed by atoms with E-state index < -0.39 is 0 Å². The largest absolute Gasteiger partial charge is 0.469 e. The molecular formula is C12H17N3O2. The Kier molecular flexibility index (Phi) is 4.03. The van der Waals surface area contributed by atoms with Crippen LogP contribution in [-0.2, 0) is 16.1 Å². The first kappa shape index (κ1) is 12.0. The summed E-state index contributed by atoms with van der Waals surface area (Å²) in [6.45, 7) is 2.51. The molecule has 2 rings (SSSR count). The molecule has 1 aliphatic rings. The number of rotatable bonds is 3. The number of carbonyl (C=O) groups excluding carboxylic acids is 1. The Morgan fingerprint density at radius 2 is 2.47 bits per heavy atom. The van der Waals surface area contributed by atoms with Gasteiger partial charge in [-0.2, -0.15) is 0 Å². The van der Waals surface area contributed by atoms with Crippen molar-refractivity contribution in [1.82, 2.24) is 14.9 Å². The van der Waals surface area contributed by atoms with Gasteiger partial charge in [-0.3, -0.25) is 19.7 Å². The van der Waals surface area contributed by atoms with E-state index in [-0.39, 0.29) is 11.9 Å². The van der Waals surface area contributed by atoms with Crippen molar-refractivity contribution in [2.24, 2.45) is 5.92 Å². The fraction of sp³-hybridized carbons (Fsp3) is 0.583. The highest BCUT2D eigenvalue weighted by atomic mass is 16.5. The molecule has 0 saturated carbocycles. The SMILES string of the molecule is COC(=O)[C@H]1CCCN(Cc2cnccn2)C1. The normalized spacial score (nSPS) is 21.1. The molecule has 1 aromatic heterocycles. The molecule has 92 valence electrons. The Bertz CT molecular complexity index is 369. The number of nitrogens with zero attached hydrogens (tertiary/aromatic N) is 3. The molecule has 0 radical (unpaired) electrons. The Labute approximate surface area is 101 Å². The molecule has 1 aromatic rings. The number of methoxy groups -OCH3 is 1. The van der Waals surface area contributed by atoms with Gasteiger partial charge < -0.3 is 4.74 Å². The molecule has 1 saturated heterocycles. The number of likely N-dealkylation sites (tertiary alicyclic amines) is 1. The average Bonchev–Trinajstić information content (AvgIpc) is 2.39. The smallest absolute Gasteiger partial charge is 0.309 e. The summed E-state index contributed by atoms with van der Waals surface area (Å²) in [4.78, 5) is 22.0. The maximum atomic E-state index is 11.5. The Morgan fingerprint density at radius 1 is 1.59 bits per heavy atom. The van der Waals surface area contributed by atoms with Crippen molar-refractivity contribution in [1.29, 1.82) is 0 Å². The van der Waals surface area contributed by atoms with Crippen LogP contribution in [0, 0.1) is 5.92 Å². The summed E-state index contributed by atoms with van der Waals surface area (Å²) in [5.74, 6) is -0.0979. The van der Waals surface area contributed by atoms with E-state index in [0.29, 0.717) is 0 Å². The summed E-state index contributed by atoms with van der Waals surface area (Å²) in [5, 5.41) is 0. The van der Waals surface area contributed by atoms with E-state index >= 15 is 0 Å². The highest BCUT2D eigenvalue weighted by Crippen LogP contribution is 2.18. The number of ether oxygens (including phenoxy) is 1. The molecule has 1 aliphatic heterocycles. The predicted octanol–water partition coefficient (Wildman–Crippen LogP) is 0.862. The zero-order valence-electron chi connectivity index (χ0n) is 10.0. The molecule has 0 spiro atoms. The van der Waals surface area contributed by atoms with Gasteiger partial charge in [-0.15, -0.1) is 0 Å². The average molecular weight is 235 g/mol. The standard InChI is InChI=1S/C12H17N3O2/c1-17-12(16)10-3-2-6-15(8-10)9-11-7-13-4-5-14-11/h4-5,7,10H,2-3,6,8-9H2,1H3/t10-/m0/s1. The molecule has 2 heterocycles. The van der Waals surface area contributed by atoms with Gasteiger partial charge in [0, 0.05) is 31.7 Å². The van der Waals surface area contributed by atoms with Crippen molar-refractivity contribution in [3.05, 3.63) is 24.3 Å². The second-order valence-corrected chi connectivity index (χ2v) is 4.29. The lowest BCUT2D eigenvalue weighted by Crippen LogP contribution is -2.38. The van der Waals surface area contributed by atoms with Gasteiger partial charge in [0.15, 0.2) is 0 Å². The number of esters is 1. The van der Waals surface area contributed by atoms with Gasteiger partial charge in [0.2, 0.25) is 0 Å². The zero-order chi connectivity index (χ0) is 12.1. The lowest BCUT2D eigenvalue weighted by Gasteiger charge is -2.30. The van der Waals surface area contributed by atoms with E-state index in [1.165, 1.54) is 7.11 Å². The van der Waals surface area contributed by atoms with Crippen molar-refractivity contribution >= 4 is 5.97 Å². The molecule has 5 heteroatoms. The van der Waals surface area contributed by atoms with Crippen LogP contribution in [-0.4, -0.2) is 41.0 Å². The fourth-order valence-electron chi connectivity index (χ4n) is 2.20. The molecule has 0 aliphatic carbocycles. The first-order chi connectivity index (χ1) is 8.29. The molecule has 1 atom stereocenters. The lowest BCUT2D eigenvalue weighted by molar-refractivity contribution is -0.147.